The summed E-state index contributed by atoms with van der Waals surface area (Å²) in [7, 11) is 6.01. The fourth-order valence-corrected chi connectivity index (χ4v) is 6.42. The van der Waals surface area contributed by atoms with Crippen molar-refractivity contribution >= 4 is 25.2 Å². The second-order valence-corrected chi connectivity index (χ2v) is 10.8. The summed E-state index contributed by atoms with van der Waals surface area (Å²) < 4.78 is 55.3. The number of nitrogens with zero attached hydrogens (tertiary/aromatic N) is 2. The van der Waals surface area contributed by atoms with E-state index in [1.807, 2.05) is 6.07 Å². The van der Waals surface area contributed by atoms with Gasteiger partial charge in [-0.2, -0.15) is 0 Å². The predicted molar refractivity (Wildman–Crippen MR) is 163 cm³/mol. The van der Waals surface area contributed by atoms with E-state index < -0.39 is 13.0 Å². The number of aromatic nitrogens is 1. The van der Waals surface area contributed by atoms with Crippen molar-refractivity contribution in [2.45, 2.75) is 31.7 Å². The number of ether oxygens (including phenoxy) is 4. The van der Waals surface area contributed by atoms with E-state index in [9.17, 15) is 9.59 Å². The van der Waals surface area contributed by atoms with Gasteiger partial charge in [0.05, 0.1) is 34.5 Å². The molecule has 1 N–H and O–H groups in total. The molecule has 1 atom stereocenters. The monoisotopic (exact) mass is 603 g/mol. The average molecular weight is 603 g/mol. The van der Waals surface area contributed by atoms with Crippen molar-refractivity contribution in [2.24, 2.45) is 0 Å². The highest BCUT2D eigenvalue weighted by molar-refractivity contribution is 6.57. The van der Waals surface area contributed by atoms with Crippen molar-refractivity contribution in [2.75, 3.05) is 28.4 Å². The third kappa shape index (κ3) is 4.74. The summed E-state index contributed by atoms with van der Waals surface area (Å²) in [6.07, 6.45) is 7.38. The molecule has 3 heterocycles. The summed E-state index contributed by atoms with van der Waals surface area (Å²) >= 11 is 0. The molecule has 1 aromatic heterocycles. The molecule has 0 unspecified atom stereocenters. The molecule has 3 aromatic rings. The van der Waals surface area contributed by atoms with Crippen LogP contribution in [0.5, 0.6) is 23.0 Å². The van der Waals surface area contributed by atoms with Gasteiger partial charge in [-0.15, -0.1) is 0 Å². The molecule has 12 heteroatoms. The summed E-state index contributed by atoms with van der Waals surface area (Å²) in [5, 5.41) is 3.07. The van der Waals surface area contributed by atoms with Crippen LogP contribution in [0.3, 0.4) is 0 Å². The highest BCUT2D eigenvalue weighted by atomic mass is 19.2. The van der Waals surface area contributed by atoms with Gasteiger partial charge in [0.15, 0.2) is 22.9 Å². The van der Waals surface area contributed by atoms with Crippen LogP contribution in [-0.2, 0) is 17.6 Å². The highest BCUT2D eigenvalue weighted by Gasteiger charge is 2.50. The van der Waals surface area contributed by atoms with E-state index in [1.54, 1.807) is 49.6 Å². The summed E-state index contributed by atoms with van der Waals surface area (Å²) in [5.74, 6) is 1.16. The highest BCUT2D eigenvalue weighted by Crippen LogP contribution is 2.50. The third-order valence-corrected chi connectivity index (χ3v) is 8.45. The Hall–Kier alpha value is -4.87. The number of allylic oxidation sites excluding steroid dienone is 2. The Morgan fingerprint density at radius 1 is 1.02 bits per heavy atom. The first-order chi connectivity index (χ1) is 21.2. The quantitative estimate of drug-likeness (QED) is 0.381. The zero-order valence-corrected chi connectivity index (χ0v) is 24.9. The smallest absolute Gasteiger partial charge is 0.493 e. The number of aryl methyl sites for hydroxylation is 2. The average Bonchev–Trinajstić information content (AvgIpc) is 3.60. The second-order valence-electron chi connectivity index (χ2n) is 10.8. The van der Waals surface area contributed by atoms with Crippen LogP contribution in [0.25, 0.3) is 17.2 Å². The Labute approximate surface area is 253 Å². The molecule has 228 valence electrons. The van der Waals surface area contributed by atoms with Gasteiger partial charge in [0.1, 0.15) is 6.21 Å². The van der Waals surface area contributed by atoms with Crippen molar-refractivity contribution in [3.05, 3.63) is 87.0 Å². The van der Waals surface area contributed by atoms with Gasteiger partial charge in [0.2, 0.25) is 17.1 Å². The lowest BCUT2D eigenvalue weighted by Gasteiger charge is -2.29. The SMILES string of the molecule is COc1cc2c(c(OC)c1OC)-c1ccc(OC)c(=O)cc1[C@@H](NC(=O)CCc1ccc3n1[B-](F)(F)[N+]1=CC=CC1=C3)CC2. The fourth-order valence-electron chi connectivity index (χ4n) is 6.42. The topological polar surface area (TPSA) is 91.0 Å². The maximum absolute atomic E-state index is 15.5. The van der Waals surface area contributed by atoms with Crippen molar-refractivity contribution in [1.29, 1.82) is 0 Å². The lowest BCUT2D eigenvalue weighted by molar-refractivity contribution is -0.355. The minimum atomic E-state index is -4.08. The molecule has 0 fully saturated rings. The first kappa shape index (κ1) is 29.2. The van der Waals surface area contributed by atoms with Gasteiger partial charge in [-0.3, -0.25) is 9.59 Å². The van der Waals surface area contributed by atoms with E-state index in [0.717, 1.165) is 20.1 Å². The molecule has 44 heavy (non-hydrogen) atoms. The van der Waals surface area contributed by atoms with Crippen LogP contribution >= 0.6 is 0 Å². The molecule has 0 saturated carbocycles. The van der Waals surface area contributed by atoms with Crippen LogP contribution in [0.15, 0.2) is 59.0 Å². The maximum Gasteiger partial charge on any atom is 0.737 e. The third-order valence-electron chi connectivity index (χ3n) is 8.45. The number of rotatable bonds is 8. The number of nitrogens with one attached hydrogen (secondary N) is 1. The molecule has 0 saturated heterocycles. The minimum absolute atomic E-state index is 0.0234. The predicted octanol–water partition coefficient (Wildman–Crippen LogP) is 4.52. The van der Waals surface area contributed by atoms with Gasteiger partial charge in [-0.25, -0.2) is 0 Å². The molecule has 1 aliphatic carbocycles. The van der Waals surface area contributed by atoms with E-state index >= 15 is 8.63 Å². The number of hydrogen-bond acceptors (Lipinski definition) is 6. The number of amides is 1. The Kier molecular flexibility index (Phi) is 7.52. The van der Waals surface area contributed by atoms with E-state index in [0.29, 0.717) is 58.3 Å². The largest absolute Gasteiger partial charge is 0.737 e. The molecule has 3 aliphatic rings. The van der Waals surface area contributed by atoms with E-state index in [2.05, 4.69) is 5.32 Å². The van der Waals surface area contributed by atoms with Gasteiger partial charge in [-0.1, -0.05) is 6.07 Å². The number of halogens is 2. The van der Waals surface area contributed by atoms with E-state index in [4.69, 9.17) is 18.9 Å². The Balaban J connectivity index is 1.33. The molecule has 2 aromatic carbocycles. The summed E-state index contributed by atoms with van der Waals surface area (Å²) in [4.78, 5) is 26.5. The van der Waals surface area contributed by atoms with Gasteiger partial charge in [0.25, 0.3) is 0 Å². The minimum Gasteiger partial charge on any atom is -0.493 e. The van der Waals surface area contributed by atoms with Crippen LogP contribution in [0.4, 0.5) is 8.63 Å². The van der Waals surface area contributed by atoms with Gasteiger partial charge in [-0.05, 0) is 72.0 Å². The summed E-state index contributed by atoms with van der Waals surface area (Å²) in [6, 6.07) is 9.45. The van der Waals surface area contributed by atoms with Gasteiger partial charge < -0.3 is 41.9 Å². The Morgan fingerprint density at radius 3 is 2.52 bits per heavy atom. The molecule has 2 aliphatic heterocycles. The number of methoxy groups -OCH3 is 4. The number of carbonyl (C=O) groups is 1. The lowest BCUT2D eigenvalue weighted by Crippen LogP contribution is -2.49. The number of fused-ring (bicyclic) bond motifs is 5. The van der Waals surface area contributed by atoms with Crippen LogP contribution < -0.4 is 29.7 Å². The van der Waals surface area contributed by atoms with Crippen molar-refractivity contribution in [3.8, 4) is 34.1 Å². The van der Waals surface area contributed by atoms with Gasteiger partial charge >= 0.3 is 6.97 Å². The zero-order valence-electron chi connectivity index (χ0n) is 24.9. The summed E-state index contributed by atoms with van der Waals surface area (Å²) in [6.45, 7) is -4.08. The van der Waals surface area contributed by atoms with Crippen molar-refractivity contribution in [3.63, 3.8) is 0 Å². The van der Waals surface area contributed by atoms with E-state index in [1.165, 1.54) is 33.6 Å². The van der Waals surface area contributed by atoms with Crippen LogP contribution in [0.1, 0.15) is 41.4 Å². The molecule has 6 rings (SSSR count). The molecule has 9 nitrogen and oxygen atoms in total. The van der Waals surface area contributed by atoms with Gasteiger partial charge in [0, 0.05) is 35.9 Å². The molecule has 0 radical (unpaired) electrons. The van der Waals surface area contributed by atoms with Crippen LogP contribution in [-0.4, -0.2) is 56.5 Å². The fraction of sp³-hybridized carbons (Fsp3) is 0.281. The number of carbonyl (C=O) groups excluding carboxylic acids is 1. The second kappa shape index (κ2) is 11.3. The molecule has 0 spiro atoms. The first-order valence-corrected chi connectivity index (χ1v) is 14.3. The summed E-state index contributed by atoms with van der Waals surface area (Å²) in [5.41, 5.74) is 3.72. The standard InChI is InChI=1S/C32H32BF2N3O6/c1-41-27-13-11-23-24(18-26(27)39)25(12-7-19-16-28(42-2)31(43-3)32(44-4)30(19)23)36-29(40)14-10-20-8-9-22-17-21-6-5-15-37(21)33(34,35)38(20)22/h5-6,8-9,11,13,15-18,25H,7,10,12,14H2,1-4H3,(H,36,40)/t25-/m0/s1. The Morgan fingerprint density at radius 2 is 1.80 bits per heavy atom. The number of benzene rings is 1. The number of hydrogen-bond donors (Lipinski definition) is 1. The van der Waals surface area contributed by atoms with Crippen molar-refractivity contribution < 1.29 is 36.9 Å². The Bertz CT molecular complexity index is 1830. The van der Waals surface area contributed by atoms with Crippen molar-refractivity contribution in [1.82, 2.24) is 9.79 Å². The molecule has 0 bridgehead atoms. The van der Waals surface area contributed by atoms with Crippen LogP contribution in [0.2, 0.25) is 0 Å². The first-order valence-electron chi connectivity index (χ1n) is 14.3. The normalized spacial score (nSPS) is 17.2. The van der Waals surface area contributed by atoms with Crippen LogP contribution in [0, 0.1) is 0 Å². The maximum atomic E-state index is 15.5. The molecular formula is C32H32BF2N3O6. The lowest BCUT2D eigenvalue weighted by atomic mass is 9.91. The molecule has 1 amide bonds. The zero-order chi connectivity index (χ0) is 31.2. The molecular weight excluding hydrogens is 571 g/mol. The van der Waals surface area contributed by atoms with E-state index in [-0.39, 0.29) is 29.9 Å².